The molecule has 0 aliphatic heterocycles. The van der Waals surface area contributed by atoms with Crippen molar-refractivity contribution in [1.82, 2.24) is 16.0 Å². The van der Waals surface area contributed by atoms with E-state index in [2.05, 4.69) is 20.9 Å². The summed E-state index contributed by atoms with van der Waals surface area (Å²) in [5.41, 5.74) is 5.63. The van der Waals surface area contributed by atoms with Gasteiger partial charge in [-0.2, -0.15) is 5.26 Å². The second-order valence-corrected chi connectivity index (χ2v) is 10.1. The van der Waals surface area contributed by atoms with Gasteiger partial charge in [-0.05, 0) is 51.4 Å². The minimum absolute atomic E-state index is 0.0197. The van der Waals surface area contributed by atoms with E-state index in [1.165, 1.54) is 0 Å². The van der Waals surface area contributed by atoms with Crippen molar-refractivity contribution in [1.29, 1.82) is 5.26 Å². The molecule has 0 saturated heterocycles. The quantitative estimate of drug-likeness (QED) is 0.0901. The number of aliphatic imine (C=N–C) groups is 1. The topological polar surface area (TPSA) is 159 Å². The molecule has 12 heteroatoms. The van der Waals surface area contributed by atoms with Crippen LogP contribution in [0.15, 0.2) is 4.99 Å². The summed E-state index contributed by atoms with van der Waals surface area (Å²) in [7, 11) is 0. The Morgan fingerprint density at radius 2 is 1.88 bits per heavy atom. The van der Waals surface area contributed by atoms with E-state index >= 15 is 0 Å². The first-order valence-corrected chi connectivity index (χ1v) is 12.6. The molecular formula is C22H34Cl2N6O4. The predicted molar refractivity (Wildman–Crippen MR) is 129 cm³/mol. The lowest BCUT2D eigenvalue weighted by Gasteiger charge is -2.34. The van der Waals surface area contributed by atoms with Crippen molar-refractivity contribution in [3.05, 3.63) is 0 Å². The van der Waals surface area contributed by atoms with E-state index in [0.29, 0.717) is 32.1 Å². The molecule has 0 spiro atoms. The van der Waals surface area contributed by atoms with Crippen molar-refractivity contribution in [2.45, 2.75) is 81.1 Å². The third-order valence-electron chi connectivity index (χ3n) is 6.18. The van der Waals surface area contributed by atoms with Crippen LogP contribution in [0.5, 0.6) is 0 Å². The van der Waals surface area contributed by atoms with Crippen LogP contribution in [-0.4, -0.2) is 59.7 Å². The Bertz CT molecular complexity index is 780. The summed E-state index contributed by atoms with van der Waals surface area (Å²) in [5, 5.41) is 16.2. The summed E-state index contributed by atoms with van der Waals surface area (Å²) in [4.78, 5) is 41.6. The number of guanidine groups is 1. The van der Waals surface area contributed by atoms with Crippen LogP contribution >= 0.6 is 23.2 Å². The summed E-state index contributed by atoms with van der Waals surface area (Å²) < 4.78 is 5.06. The lowest BCUT2D eigenvalue weighted by molar-refractivity contribution is -0.144. The first-order valence-electron chi connectivity index (χ1n) is 11.7. The van der Waals surface area contributed by atoms with E-state index in [1.54, 1.807) is 13.1 Å². The second-order valence-electron chi connectivity index (χ2n) is 8.83. The van der Waals surface area contributed by atoms with Crippen molar-refractivity contribution in [3.8, 4) is 6.19 Å². The molecule has 2 amide bonds. The van der Waals surface area contributed by atoms with Gasteiger partial charge < -0.3 is 21.1 Å². The van der Waals surface area contributed by atoms with Crippen LogP contribution < -0.4 is 21.7 Å². The molecule has 0 radical (unpaired) electrons. The molecule has 2 aliphatic carbocycles. The normalized spacial score (nSPS) is 28.2. The lowest BCUT2D eigenvalue weighted by atomic mass is 9.82. The Morgan fingerprint density at radius 3 is 2.53 bits per heavy atom. The standard InChI is InChI=1S/C22H34Cl2N6O4/c1-2-34-20(32)10-18(14-6-15(23)9-16(24)7-14)30-19(31)11-27-21(33)13-4-3-5-17(8-13)29-22(26)28-12-25/h13-18H,2-11H2,1H3,(H,27,33)(H,30,31)(H3,26,28,29). The molecule has 2 saturated carbocycles. The first-order chi connectivity index (χ1) is 16.2. The average molecular weight is 517 g/mol. The fourth-order valence-corrected chi connectivity index (χ4v) is 5.64. The summed E-state index contributed by atoms with van der Waals surface area (Å²) in [6, 6.07) is -0.637. The van der Waals surface area contributed by atoms with Gasteiger partial charge in [0.1, 0.15) is 0 Å². The minimum atomic E-state index is -0.477. The maximum absolute atomic E-state index is 12.6. The van der Waals surface area contributed by atoms with Gasteiger partial charge in [0.15, 0.2) is 6.19 Å². The SMILES string of the molecule is CCOC(=O)CC(NC(=O)CNC(=O)C1CCCC(N=C(N)NC#N)C1)C1CC(Cl)CC(Cl)C1. The van der Waals surface area contributed by atoms with Crippen molar-refractivity contribution in [2.24, 2.45) is 22.6 Å². The van der Waals surface area contributed by atoms with Gasteiger partial charge in [-0.15, -0.1) is 23.2 Å². The highest BCUT2D eigenvalue weighted by molar-refractivity contribution is 6.23. The molecule has 190 valence electrons. The predicted octanol–water partition coefficient (Wildman–Crippen LogP) is 1.50. The van der Waals surface area contributed by atoms with Crippen molar-refractivity contribution in [2.75, 3.05) is 13.2 Å². The van der Waals surface area contributed by atoms with E-state index in [9.17, 15) is 14.4 Å². The number of hydrogen-bond acceptors (Lipinski definition) is 6. The fourth-order valence-electron chi connectivity index (χ4n) is 4.66. The minimum Gasteiger partial charge on any atom is -0.466 e. The molecule has 2 fully saturated rings. The van der Waals surface area contributed by atoms with Crippen molar-refractivity contribution in [3.63, 3.8) is 0 Å². The van der Waals surface area contributed by atoms with Crippen LogP contribution in [0.3, 0.4) is 0 Å². The van der Waals surface area contributed by atoms with E-state index in [4.69, 9.17) is 38.9 Å². The molecule has 2 aliphatic rings. The molecule has 5 N–H and O–H groups in total. The van der Waals surface area contributed by atoms with E-state index in [-0.39, 0.29) is 60.1 Å². The zero-order valence-electron chi connectivity index (χ0n) is 19.4. The number of carbonyl (C=O) groups excluding carboxylic acids is 3. The Kier molecular flexibility index (Phi) is 11.7. The number of esters is 1. The number of halogens is 2. The Morgan fingerprint density at radius 1 is 1.18 bits per heavy atom. The van der Waals surface area contributed by atoms with Crippen LogP contribution in [0.1, 0.15) is 58.3 Å². The first kappa shape index (κ1) is 28.0. The van der Waals surface area contributed by atoms with Gasteiger partial charge in [-0.3, -0.25) is 19.7 Å². The van der Waals surface area contributed by atoms with Gasteiger partial charge in [0.05, 0.1) is 25.6 Å². The Balaban J connectivity index is 1.90. The fraction of sp³-hybridized carbons (Fsp3) is 0.773. The van der Waals surface area contributed by atoms with Crippen molar-refractivity contribution < 1.29 is 19.1 Å². The summed E-state index contributed by atoms with van der Waals surface area (Å²) >= 11 is 12.7. The molecule has 0 aromatic rings. The summed E-state index contributed by atoms with van der Waals surface area (Å²) in [6.45, 7) is 1.77. The van der Waals surface area contributed by atoms with Crippen LogP contribution in [0.4, 0.5) is 0 Å². The van der Waals surface area contributed by atoms with Crippen LogP contribution in [0, 0.1) is 23.3 Å². The number of amides is 2. The summed E-state index contributed by atoms with van der Waals surface area (Å²) in [6.07, 6.45) is 6.43. The number of rotatable bonds is 9. The van der Waals surface area contributed by atoms with Crippen LogP contribution in [0.25, 0.3) is 0 Å². The number of hydrogen-bond donors (Lipinski definition) is 4. The number of nitriles is 1. The largest absolute Gasteiger partial charge is 0.466 e. The monoisotopic (exact) mass is 516 g/mol. The number of alkyl halides is 2. The average Bonchev–Trinajstić information content (AvgIpc) is 2.77. The maximum Gasteiger partial charge on any atom is 0.307 e. The number of nitrogens with one attached hydrogen (secondary N) is 3. The Labute approximate surface area is 210 Å². The smallest absolute Gasteiger partial charge is 0.307 e. The van der Waals surface area contributed by atoms with Gasteiger partial charge in [0, 0.05) is 22.7 Å². The third-order valence-corrected chi connectivity index (χ3v) is 6.89. The molecule has 5 atom stereocenters. The molecule has 10 nitrogen and oxygen atoms in total. The van der Waals surface area contributed by atoms with Gasteiger partial charge in [-0.25, -0.2) is 4.99 Å². The van der Waals surface area contributed by atoms with E-state index < -0.39 is 17.9 Å². The zero-order chi connectivity index (χ0) is 25.1. The van der Waals surface area contributed by atoms with E-state index in [0.717, 1.165) is 12.8 Å². The molecule has 5 unspecified atom stereocenters. The molecule has 34 heavy (non-hydrogen) atoms. The third kappa shape index (κ3) is 9.55. The number of ether oxygens (including phenoxy) is 1. The number of nitrogens with two attached hydrogens (primary N) is 1. The summed E-state index contributed by atoms with van der Waals surface area (Å²) in [5.74, 6) is -1.36. The van der Waals surface area contributed by atoms with Gasteiger partial charge in [0.2, 0.25) is 17.8 Å². The lowest BCUT2D eigenvalue weighted by Crippen LogP contribution is -2.49. The zero-order valence-corrected chi connectivity index (χ0v) is 20.9. The number of carbonyl (C=O) groups is 3. The van der Waals surface area contributed by atoms with Gasteiger partial charge >= 0.3 is 5.97 Å². The molecular weight excluding hydrogens is 483 g/mol. The van der Waals surface area contributed by atoms with E-state index in [1.807, 2.05) is 0 Å². The maximum atomic E-state index is 12.6. The van der Waals surface area contributed by atoms with Crippen molar-refractivity contribution >= 4 is 46.9 Å². The van der Waals surface area contributed by atoms with Crippen LogP contribution in [-0.2, 0) is 19.1 Å². The highest BCUT2D eigenvalue weighted by Gasteiger charge is 2.34. The molecule has 0 bridgehead atoms. The number of nitrogens with zero attached hydrogens (tertiary/aromatic N) is 2. The molecule has 2 rings (SSSR count). The van der Waals surface area contributed by atoms with Gasteiger partial charge in [-0.1, -0.05) is 6.42 Å². The second kappa shape index (κ2) is 14.2. The Hall–Kier alpha value is -2.25. The highest BCUT2D eigenvalue weighted by atomic mass is 35.5. The van der Waals surface area contributed by atoms with Gasteiger partial charge in [0.25, 0.3) is 0 Å². The molecule has 0 aromatic heterocycles. The highest BCUT2D eigenvalue weighted by Crippen LogP contribution is 2.34. The van der Waals surface area contributed by atoms with Crippen LogP contribution in [0.2, 0.25) is 0 Å². The molecule has 0 aromatic carbocycles. The molecule has 0 heterocycles.